The Morgan fingerprint density at radius 3 is 2.70 bits per heavy atom. The van der Waals surface area contributed by atoms with Crippen molar-refractivity contribution in [1.29, 1.82) is 0 Å². The second kappa shape index (κ2) is 6.21. The first kappa shape index (κ1) is 14.1. The van der Waals surface area contributed by atoms with E-state index in [2.05, 4.69) is 5.32 Å². The SMILES string of the molecule is COc1ccc(C)cc1C(=O)Nc1ccccc1CO. The molecule has 0 bridgehead atoms. The van der Waals surface area contributed by atoms with Gasteiger partial charge in [0, 0.05) is 11.3 Å². The predicted octanol–water partition coefficient (Wildman–Crippen LogP) is 2.75. The minimum atomic E-state index is -0.258. The molecule has 2 aromatic rings. The molecule has 0 aromatic heterocycles. The summed E-state index contributed by atoms with van der Waals surface area (Å²) in [6, 6.07) is 12.6. The number of anilines is 1. The third-order valence-electron chi connectivity index (χ3n) is 3.04. The summed E-state index contributed by atoms with van der Waals surface area (Å²) in [5, 5.41) is 12.1. The van der Waals surface area contributed by atoms with Gasteiger partial charge in [-0.15, -0.1) is 0 Å². The molecule has 0 saturated carbocycles. The number of ether oxygens (including phenoxy) is 1. The largest absolute Gasteiger partial charge is 0.496 e. The molecule has 104 valence electrons. The molecule has 1 amide bonds. The molecule has 0 spiro atoms. The van der Waals surface area contributed by atoms with Crippen molar-refractivity contribution in [3.8, 4) is 5.75 Å². The molecule has 0 atom stereocenters. The summed E-state index contributed by atoms with van der Waals surface area (Å²) in [6.07, 6.45) is 0. The van der Waals surface area contributed by atoms with Crippen LogP contribution in [0.5, 0.6) is 5.75 Å². The second-order valence-corrected chi connectivity index (χ2v) is 4.47. The van der Waals surface area contributed by atoms with Crippen LogP contribution >= 0.6 is 0 Å². The fourth-order valence-corrected chi connectivity index (χ4v) is 1.97. The monoisotopic (exact) mass is 271 g/mol. The number of aryl methyl sites for hydroxylation is 1. The molecule has 2 N–H and O–H groups in total. The van der Waals surface area contributed by atoms with E-state index in [1.54, 1.807) is 24.3 Å². The Hall–Kier alpha value is -2.33. The van der Waals surface area contributed by atoms with Gasteiger partial charge >= 0.3 is 0 Å². The molecule has 4 nitrogen and oxygen atoms in total. The number of hydrogen-bond acceptors (Lipinski definition) is 3. The number of hydrogen-bond donors (Lipinski definition) is 2. The predicted molar refractivity (Wildman–Crippen MR) is 78.0 cm³/mol. The number of aliphatic hydroxyl groups excluding tert-OH is 1. The van der Waals surface area contributed by atoms with Crippen molar-refractivity contribution in [3.63, 3.8) is 0 Å². The van der Waals surface area contributed by atoms with Gasteiger partial charge in [-0.3, -0.25) is 4.79 Å². The third kappa shape index (κ3) is 2.97. The average Bonchev–Trinajstić information content (AvgIpc) is 2.47. The maximum absolute atomic E-state index is 12.3. The van der Waals surface area contributed by atoms with Crippen LogP contribution in [0.25, 0.3) is 0 Å². The summed E-state index contributed by atoms with van der Waals surface area (Å²) in [5.74, 6) is 0.265. The zero-order valence-corrected chi connectivity index (χ0v) is 11.5. The van der Waals surface area contributed by atoms with Crippen molar-refractivity contribution < 1.29 is 14.6 Å². The van der Waals surface area contributed by atoms with Crippen molar-refractivity contribution in [1.82, 2.24) is 0 Å². The van der Waals surface area contributed by atoms with E-state index in [0.29, 0.717) is 22.6 Å². The zero-order chi connectivity index (χ0) is 14.5. The van der Waals surface area contributed by atoms with Gasteiger partial charge in [0.05, 0.1) is 19.3 Å². The van der Waals surface area contributed by atoms with E-state index in [-0.39, 0.29) is 12.5 Å². The van der Waals surface area contributed by atoms with E-state index in [9.17, 15) is 9.90 Å². The molecular weight excluding hydrogens is 254 g/mol. The van der Waals surface area contributed by atoms with Crippen molar-refractivity contribution in [2.75, 3.05) is 12.4 Å². The highest BCUT2D eigenvalue weighted by Crippen LogP contribution is 2.22. The summed E-state index contributed by atoms with van der Waals surface area (Å²) in [6.45, 7) is 1.79. The number of carbonyl (C=O) groups excluding carboxylic acids is 1. The fourth-order valence-electron chi connectivity index (χ4n) is 1.97. The van der Waals surface area contributed by atoms with Crippen LogP contribution in [0.3, 0.4) is 0 Å². The van der Waals surface area contributed by atoms with Crippen molar-refractivity contribution >= 4 is 11.6 Å². The van der Waals surface area contributed by atoms with Crippen LogP contribution in [0.4, 0.5) is 5.69 Å². The first-order valence-corrected chi connectivity index (χ1v) is 6.30. The smallest absolute Gasteiger partial charge is 0.259 e. The molecule has 2 aromatic carbocycles. The van der Waals surface area contributed by atoms with E-state index in [1.165, 1.54) is 7.11 Å². The van der Waals surface area contributed by atoms with Gasteiger partial charge in [0.25, 0.3) is 5.91 Å². The number of para-hydroxylation sites is 1. The lowest BCUT2D eigenvalue weighted by molar-refractivity contribution is 0.102. The molecule has 0 saturated heterocycles. The van der Waals surface area contributed by atoms with Crippen LogP contribution in [-0.4, -0.2) is 18.1 Å². The first-order chi connectivity index (χ1) is 9.65. The molecule has 0 aliphatic rings. The highest BCUT2D eigenvalue weighted by molar-refractivity contribution is 6.06. The van der Waals surface area contributed by atoms with Gasteiger partial charge in [-0.2, -0.15) is 0 Å². The average molecular weight is 271 g/mol. The number of carbonyl (C=O) groups is 1. The molecule has 0 radical (unpaired) electrons. The fraction of sp³-hybridized carbons (Fsp3) is 0.188. The summed E-state index contributed by atoms with van der Waals surface area (Å²) in [7, 11) is 1.53. The van der Waals surface area contributed by atoms with E-state index >= 15 is 0 Å². The van der Waals surface area contributed by atoms with Crippen molar-refractivity contribution in [3.05, 3.63) is 59.2 Å². The molecule has 4 heteroatoms. The van der Waals surface area contributed by atoms with Crippen molar-refractivity contribution in [2.45, 2.75) is 13.5 Å². The Bertz CT molecular complexity index is 623. The van der Waals surface area contributed by atoms with Gasteiger partial charge in [0.2, 0.25) is 0 Å². The first-order valence-electron chi connectivity index (χ1n) is 6.30. The van der Waals surface area contributed by atoms with Crippen molar-refractivity contribution in [2.24, 2.45) is 0 Å². The van der Waals surface area contributed by atoms with E-state index in [0.717, 1.165) is 5.56 Å². The standard InChI is InChI=1S/C16H17NO3/c1-11-7-8-15(20-2)13(9-11)16(19)17-14-6-4-3-5-12(14)10-18/h3-9,18H,10H2,1-2H3,(H,17,19). The van der Waals surface area contributed by atoms with Gasteiger partial charge in [-0.05, 0) is 25.1 Å². The number of amides is 1. The summed E-state index contributed by atoms with van der Waals surface area (Å²) >= 11 is 0. The second-order valence-electron chi connectivity index (χ2n) is 4.47. The summed E-state index contributed by atoms with van der Waals surface area (Å²) in [4.78, 5) is 12.3. The number of rotatable bonds is 4. The molecule has 2 rings (SSSR count). The molecule has 0 aliphatic heterocycles. The normalized spacial score (nSPS) is 10.2. The summed E-state index contributed by atoms with van der Waals surface area (Å²) in [5.41, 5.74) is 2.72. The lowest BCUT2D eigenvalue weighted by atomic mass is 10.1. The Labute approximate surface area is 118 Å². The number of methoxy groups -OCH3 is 1. The maximum atomic E-state index is 12.3. The Balaban J connectivity index is 2.30. The molecule has 20 heavy (non-hydrogen) atoms. The molecular formula is C16H17NO3. The Morgan fingerprint density at radius 1 is 1.25 bits per heavy atom. The highest BCUT2D eigenvalue weighted by Gasteiger charge is 2.13. The molecule has 0 fully saturated rings. The summed E-state index contributed by atoms with van der Waals surface area (Å²) < 4.78 is 5.21. The number of nitrogens with one attached hydrogen (secondary N) is 1. The van der Waals surface area contributed by atoms with Gasteiger partial charge in [0.1, 0.15) is 5.75 Å². The number of benzene rings is 2. The van der Waals surface area contributed by atoms with E-state index in [1.807, 2.05) is 25.1 Å². The van der Waals surface area contributed by atoms with Gasteiger partial charge < -0.3 is 15.2 Å². The minimum absolute atomic E-state index is 0.124. The van der Waals surface area contributed by atoms with Crippen LogP contribution in [-0.2, 0) is 6.61 Å². The van der Waals surface area contributed by atoms with Gasteiger partial charge in [-0.25, -0.2) is 0 Å². The Morgan fingerprint density at radius 2 is 2.00 bits per heavy atom. The molecule has 0 unspecified atom stereocenters. The lowest BCUT2D eigenvalue weighted by Crippen LogP contribution is -2.14. The minimum Gasteiger partial charge on any atom is -0.496 e. The maximum Gasteiger partial charge on any atom is 0.259 e. The van der Waals surface area contributed by atoms with Crippen LogP contribution in [0, 0.1) is 6.92 Å². The van der Waals surface area contributed by atoms with Crippen LogP contribution in [0.15, 0.2) is 42.5 Å². The van der Waals surface area contributed by atoms with E-state index in [4.69, 9.17) is 4.74 Å². The van der Waals surface area contributed by atoms with E-state index < -0.39 is 0 Å². The topological polar surface area (TPSA) is 58.6 Å². The third-order valence-corrected chi connectivity index (χ3v) is 3.04. The molecule has 0 heterocycles. The molecule has 0 aliphatic carbocycles. The zero-order valence-electron chi connectivity index (χ0n) is 11.5. The van der Waals surface area contributed by atoms with Crippen LogP contribution in [0.2, 0.25) is 0 Å². The van der Waals surface area contributed by atoms with Gasteiger partial charge in [0.15, 0.2) is 0 Å². The number of aliphatic hydroxyl groups is 1. The van der Waals surface area contributed by atoms with Gasteiger partial charge in [-0.1, -0.05) is 29.8 Å². The van der Waals surface area contributed by atoms with Crippen LogP contribution < -0.4 is 10.1 Å². The lowest BCUT2D eigenvalue weighted by Gasteiger charge is -2.12. The van der Waals surface area contributed by atoms with Crippen LogP contribution in [0.1, 0.15) is 21.5 Å². The Kier molecular flexibility index (Phi) is 4.38. The quantitative estimate of drug-likeness (QED) is 0.899. The highest BCUT2D eigenvalue weighted by atomic mass is 16.5.